The lowest BCUT2D eigenvalue weighted by atomic mass is 9.99. The molecular weight excluding hydrogens is 253 g/mol. The molecule has 1 N–H and O–H groups in total. The molecule has 0 saturated carbocycles. The zero-order valence-corrected chi connectivity index (χ0v) is 11.9. The van der Waals surface area contributed by atoms with Crippen LogP contribution in [0.5, 0.6) is 5.75 Å². The number of hydrogen-bond donors (Lipinski definition) is 1. The van der Waals surface area contributed by atoms with E-state index in [0.29, 0.717) is 0 Å². The highest BCUT2D eigenvalue weighted by atomic mass is 19.1. The molecule has 0 fully saturated rings. The number of hydrogen-bond acceptors (Lipinski definition) is 2. The maximum Gasteiger partial charge on any atom is 0.123 e. The van der Waals surface area contributed by atoms with E-state index in [1.165, 1.54) is 12.1 Å². The molecule has 0 aliphatic rings. The largest absolute Gasteiger partial charge is 0.494 e. The van der Waals surface area contributed by atoms with Gasteiger partial charge in [-0.15, -0.1) is 0 Å². The van der Waals surface area contributed by atoms with Gasteiger partial charge in [-0.05, 0) is 48.9 Å². The van der Waals surface area contributed by atoms with Gasteiger partial charge in [0.25, 0.3) is 0 Å². The molecule has 0 saturated heterocycles. The molecule has 0 heterocycles. The Balaban J connectivity index is 2.17. The molecule has 0 amide bonds. The lowest BCUT2D eigenvalue weighted by Crippen LogP contribution is -2.17. The Morgan fingerprint density at radius 3 is 2.05 bits per heavy atom. The summed E-state index contributed by atoms with van der Waals surface area (Å²) in [4.78, 5) is 0. The molecule has 20 heavy (non-hydrogen) atoms. The first kappa shape index (κ1) is 14.5. The Hall–Kier alpha value is -1.87. The highest BCUT2D eigenvalue weighted by Gasteiger charge is 2.11. The maximum atomic E-state index is 13.0. The fourth-order valence-corrected chi connectivity index (χ4v) is 2.16. The van der Waals surface area contributed by atoms with Crippen molar-refractivity contribution in [3.63, 3.8) is 0 Å². The monoisotopic (exact) mass is 273 g/mol. The van der Waals surface area contributed by atoms with Crippen molar-refractivity contribution in [1.82, 2.24) is 5.32 Å². The summed E-state index contributed by atoms with van der Waals surface area (Å²) < 4.78 is 18.6. The lowest BCUT2D eigenvalue weighted by molar-refractivity contribution is 0.317. The van der Waals surface area contributed by atoms with Crippen LogP contribution in [0.15, 0.2) is 48.5 Å². The SMILES string of the molecule is CCCOc1ccc(C(NC)c2ccc(F)cc2)cc1. The van der Waals surface area contributed by atoms with Gasteiger partial charge >= 0.3 is 0 Å². The van der Waals surface area contributed by atoms with E-state index in [4.69, 9.17) is 4.74 Å². The third-order valence-corrected chi connectivity index (χ3v) is 3.18. The summed E-state index contributed by atoms with van der Waals surface area (Å²) in [6.45, 7) is 2.81. The van der Waals surface area contributed by atoms with E-state index in [2.05, 4.69) is 12.2 Å². The van der Waals surface area contributed by atoms with Crippen molar-refractivity contribution in [1.29, 1.82) is 0 Å². The average Bonchev–Trinajstić information content (AvgIpc) is 2.49. The van der Waals surface area contributed by atoms with Crippen LogP contribution in [0.2, 0.25) is 0 Å². The van der Waals surface area contributed by atoms with Crippen molar-refractivity contribution < 1.29 is 9.13 Å². The Morgan fingerprint density at radius 2 is 1.55 bits per heavy atom. The summed E-state index contributed by atoms with van der Waals surface area (Å²) >= 11 is 0. The van der Waals surface area contributed by atoms with E-state index < -0.39 is 0 Å². The molecule has 2 rings (SSSR count). The third kappa shape index (κ3) is 3.58. The third-order valence-electron chi connectivity index (χ3n) is 3.18. The van der Waals surface area contributed by atoms with Gasteiger partial charge in [-0.2, -0.15) is 0 Å². The Bertz CT molecular complexity index is 522. The Kier molecular flexibility index (Phi) is 5.13. The average molecular weight is 273 g/mol. The number of halogens is 1. The molecule has 0 aliphatic carbocycles. The highest BCUT2D eigenvalue weighted by Crippen LogP contribution is 2.24. The number of rotatable bonds is 6. The zero-order chi connectivity index (χ0) is 14.4. The predicted molar refractivity (Wildman–Crippen MR) is 79.5 cm³/mol. The van der Waals surface area contributed by atoms with Gasteiger partial charge in [0.1, 0.15) is 11.6 Å². The standard InChI is InChI=1S/C17H20FNO/c1-3-12-20-16-10-6-14(7-11-16)17(19-2)13-4-8-15(18)9-5-13/h4-11,17,19H,3,12H2,1-2H3. The number of nitrogens with one attached hydrogen (secondary N) is 1. The molecule has 106 valence electrons. The van der Waals surface area contributed by atoms with Gasteiger partial charge in [0.15, 0.2) is 0 Å². The molecule has 0 spiro atoms. The smallest absolute Gasteiger partial charge is 0.123 e. The molecule has 0 bridgehead atoms. The summed E-state index contributed by atoms with van der Waals surface area (Å²) in [6, 6.07) is 14.6. The molecule has 2 aromatic rings. The first-order valence-electron chi connectivity index (χ1n) is 6.90. The summed E-state index contributed by atoms with van der Waals surface area (Å²) in [5.41, 5.74) is 2.17. The van der Waals surface area contributed by atoms with E-state index in [0.717, 1.165) is 29.9 Å². The molecule has 2 nitrogen and oxygen atoms in total. The van der Waals surface area contributed by atoms with E-state index in [1.54, 1.807) is 12.1 Å². The quantitative estimate of drug-likeness (QED) is 0.861. The van der Waals surface area contributed by atoms with Crippen molar-refractivity contribution in [3.8, 4) is 5.75 Å². The van der Waals surface area contributed by atoms with Crippen LogP contribution in [0, 0.1) is 5.82 Å². The van der Waals surface area contributed by atoms with Gasteiger partial charge in [-0.1, -0.05) is 31.2 Å². The maximum absolute atomic E-state index is 13.0. The molecule has 1 atom stereocenters. The zero-order valence-electron chi connectivity index (χ0n) is 11.9. The van der Waals surface area contributed by atoms with Crippen molar-refractivity contribution in [3.05, 3.63) is 65.5 Å². The topological polar surface area (TPSA) is 21.3 Å². The van der Waals surface area contributed by atoms with Crippen LogP contribution < -0.4 is 10.1 Å². The van der Waals surface area contributed by atoms with Crippen molar-refractivity contribution >= 4 is 0 Å². The highest BCUT2D eigenvalue weighted by molar-refractivity contribution is 5.35. The van der Waals surface area contributed by atoms with E-state index in [-0.39, 0.29) is 11.9 Å². The van der Waals surface area contributed by atoms with Crippen molar-refractivity contribution in [2.45, 2.75) is 19.4 Å². The van der Waals surface area contributed by atoms with E-state index in [1.807, 2.05) is 31.3 Å². The molecule has 0 aliphatic heterocycles. The summed E-state index contributed by atoms with van der Waals surface area (Å²) in [5.74, 6) is 0.663. The lowest BCUT2D eigenvalue weighted by Gasteiger charge is -2.17. The normalized spacial score (nSPS) is 12.2. The molecule has 1 unspecified atom stereocenters. The summed E-state index contributed by atoms with van der Waals surface area (Å²) in [5, 5.41) is 3.25. The minimum Gasteiger partial charge on any atom is -0.494 e. The second kappa shape index (κ2) is 7.06. The van der Waals surface area contributed by atoms with Gasteiger partial charge in [0.2, 0.25) is 0 Å². The van der Waals surface area contributed by atoms with Crippen molar-refractivity contribution in [2.75, 3.05) is 13.7 Å². The van der Waals surface area contributed by atoms with Crippen LogP contribution in [0.3, 0.4) is 0 Å². The second-order valence-corrected chi connectivity index (χ2v) is 4.69. The van der Waals surface area contributed by atoms with Gasteiger partial charge < -0.3 is 10.1 Å². The van der Waals surface area contributed by atoms with Crippen molar-refractivity contribution in [2.24, 2.45) is 0 Å². The molecule has 3 heteroatoms. The summed E-state index contributed by atoms with van der Waals surface area (Å²) in [7, 11) is 1.90. The molecule has 2 aromatic carbocycles. The number of benzene rings is 2. The van der Waals surface area contributed by atoms with Gasteiger partial charge in [-0.25, -0.2) is 4.39 Å². The Morgan fingerprint density at radius 1 is 1.00 bits per heavy atom. The molecule has 0 aromatic heterocycles. The molecule has 0 radical (unpaired) electrons. The van der Waals surface area contributed by atoms with Gasteiger partial charge in [0.05, 0.1) is 12.6 Å². The van der Waals surface area contributed by atoms with E-state index >= 15 is 0 Å². The van der Waals surface area contributed by atoms with Crippen LogP contribution >= 0.6 is 0 Å². The fourth-order valence-electron chi connectivity index (χ4n) is 2.16. The van der Waals surface area contributed by atoms with E-state index in [9.17, 15) is 4.39 Å². The Labute approximate surface area is 119 Å². The first-order valence-corrected chi connectivity index (χ1v) is 6.90. The van der Waals surface area contributed by atoms with Crippen LogP contribution in [-0.4, -0.2) is 13.7 Å². The van der Waals surface area contributed by atoms with Crippen LogP contribution in [0.4, 0.5) is 4.39 Å². The van der Waals surface area contributed by atoms with Crippen LogP contribution in [-0.2, 0) is 0 Å². The van der Waals surface area contributed by atoms with Crippen LogP contribution in [0.25, 0.3) is 0 Å². The fraction of sp³-hybridized carbons (Fsp3) is 0.294. The van der Waals surface area contributed by atoms with Crippen LogP contribution in [0.1, 0.15) is 30.5 Å². The molecular formula is C17H20FNO. The minimum atomic E-state index is -0.216. The van der Waals surface area contributed by atoms with Gasteiger partial charge in [0, 0.05) is 0 Å². The first-order chi connectivity index (χ1) is 9.74. The number of ether oxygens (including phenoxy) is 1. The summed E-state index contributed by atoms with van der Waals surface area (Å²) in [6.07, 6.45) is 0.996. The predicted octanol–water partition coefficient (Wildman–Crippen LogP) is 3.92. The second-order valence-electron chi connectivity index (χ2n) is 4.69. The minimum absolute atomic E-state index is 0.0517. The van der Waals surface area contributed by atoms with Gasteiger partial charge in [-0.3, -0.25) is 0 Å².